The van der Waals surface area contributed by atoms with Crippen LogP contribution in [-0.2, 0) is 36.6 Å². The monoisotopic (exact) mass is 696 g/mol. The van der Waals surface area contributed by atoms with Gasteiger partial charge >= 0.3 is 5.97 Å². The number of hydrogen-bond donors (Lipinski definition) is 5. The number of aliphatic hydroxyl groups is 3. The van der Waals surface area contributed by atoms with Gasteiger partial charge in [-0.3, -0.25) is 4.79 Å². The molecule has 13 heteroatoms. The molecule has 270 valence electrons. The van der Waals surface area contributed by atoms with Crippen LogP contribution in [0.2, 0.25) is 0 Å². The molecule has 50 heavy (non-hydrogen) atoms. The van der Waals surface area contributed by atoms with Crippen LogP contribution in [0.15, 0.2) is 66.7 Å². The minimum atomic E-state index is -1.70. The van der Waals surface area contributed by atoms with E-state index in [9.17, 15) is 35.1 Å². The van der Waals surface area contributed by atoms with Crippen LogP contribution in [0.4, 0.5) is 0 Å². The fourth-order valence-electron chi connectivity index (χ4n) is 5.44. The first-order valence-electron chi connectivity index (χ1n) is 16.1. The van der Waals surface area contributed by atoms with Gasteiger partial charge in [0, 0.05) is 18.9 Å². The van der Waals surface area contributed by atoms with E-state index < -0.39 is 49.4 Å². The zero-order chi connectivity index (χ0) is 36.2. The van der Waals surface area contributed by atoms with Gasteiger partial charge in [0.05, 0.1) is 27.4 Å². The molecule has 0 aliphatic carbocycles. The summed E-state index contributed by atoms with van der Waals surface area (Å²) in [6.07, 6.45) is -4.45. The van der Waals surface area contributed by atoms with Gasteiger partial charge < -0.3 is 54.0 Å². The lowest BCUT2D eigenvalue weighted by Gasteiger charge is -2.41. The Morgan fingerprint density at radius 1 is 0.800 bits per heavy atom. The van der Waals surface area contributed by atoms with Gasteiger partial charge in [-0.2, -0.15) is 0 Å². The van der Waals surface area contributed by atoms with E-state index in [1.165, 1.54) is 27.4 Å². The highest BCUT2D eigenvalue weighted by Gasteiger charge is 2.45. The Morgan fingerprint density at radius 3 is 1.94 bits per heavy atom. The number of methoxy groups -OCH3 is 3. The second-order valence-electron chi connectivity index (χ2n) is 11.8. The Balaban J connectivity index is 1.40. The topological polar surface area (TPSA) is 191 Å². The summed E-state index contributed by atoms with van der Waals surface area (Å²) in [4.78, 5) is 25.7. The first-order valence-corrected chi connectivity index (χ1v) is 16.1. The number of phenolic OH excluding ortho intramolecular Hbond substituents is 2. The maximum Gasteiger partial charge on any atom is 0.330 e. The van der Waals surface area contributed by atoms with Crippen LogP contribution in [0.25, 0.3) is 6.08 Å². The van der Waals surface area contributed by atoms with Crippen molar-refractivity contribution >= 4 is 17.8 Å². The molecule has 0 aromatic heterocycles. The number of benzene rings is 3. The Bertz CT molecular complexity index is 1550. The molecule has 0 unspecified atom stereocenters. The first-order chi connectivity index (χ1) is 24.0. The van der Waals surface area contributed by atoms with Gasteiger partial charge in [-0.25, -0.2) is 4.79 Å². The van der Waals surface area contributed by atoms with Crippen molar-refractivity contribution < 1.29 is 63.5 Å². The molecule has 1 saturated heterocycles. The number of aromatic hydroxyl groups is 2. The van der Waals surface area contributed by atoms with Crippen LogP contribution in [0.1, 0.15) is 36.0 Å². The van der Waals surface area contributed by atoms with Gasteiger partial charge in [-0.15, -0.1) is 0 Å². The number of aryl methyl sites for hydroxylation is 2. The highest BCUT2D eigenvalue weighted by Crippen LogP contribution is 2.38. The minimum Gasteiger partial charge on any atom is -0.508 e. The van der Waals surface area contributed by atoms with Gasteiger partial charge in [0.1, 0.15) is 48.3 Å². The van der Waals surface area contributed by atoms with E-state index in [1.54, 1.807) is 60.7 Å². The zero-order valence-electron chi connectivity index (χ0n) is 28.1. The zero-order valence-corrected chi connectivity index (χ0v) is 28.1. The quantitative estimate of drug-likeness (QED) is 0.102. The molecule has 0 bridgehead atoms. The molecule has 5 N–H and O–H groups in total. The van der Waals surface area contributed by atoms with Crippen molar-refractivity contribution in [2.45, 2.75) is 68.9 Å². The lowest BCUT2D eigenvalue weighted by Crippen LogP contribution is -2.60. The van der Waals surface area contributed by atoms with E-state index in [4.69, 9.17) is 28.4 Å². The number of esters is 1. The SMILES string of the molecule is COc1cc(C=CC(=O)OC[C@@H]2O[C@@H](O[C@H](CCc3ccc(O)cc3)CC(=O)CCc3ccc(O)cc3)[C@H](O)[C@@H](O)[C@@H]2O)cc(OC)c1OC. The number of rotatable bonds is 17. The molecule has 0 spiro atoms. The molecule has 0 amide bonds. The number of carbonyl (C=O) groups is 2. The van der Waals surface area contributed by atoms with Crippen LogP contribution in [0, 0.1) is 0 Å². The summed E-state index contributed by atoms with van der Waals surface area (Å²) in [6, 6.07) is 16.4. The molecule has 1 fully saturated rings. The summed E-state index contributed by atoms with van der Waals surface area (Å²) in [5.74, 6) is 0.497. The van der Waals surface area contributed by atoms with Gasteiger partial charge in [-0.1, -0.05) is 24.3 Å². The molecular weight excluding hydrogens is 652 g/mol. The number of ether oxygens (including phenoxy) is 6. The first kappa shape index (κ1) is 38.1. The fourth-order valence-corrected chi connectivity index (χ4v) is 5.44. The van der Waals surface area contributed by atoms with Gasteiger partial charge in [0.15, 0.2) is 17.8 Å². The predicted octanol–water partition coefficient (Wildman–Crippen LogP) is 3.10. The maximum atomic E-state index is 13.1. The van der Waals surface area contributed by atoms with Crippen LogP contribution < -0.4 is 14.2 Å². The summed E-state index contributed by atoms with van der Waals surface area (Å²) in [7, 11) is 4.40. The third kappa shape index (κ3) is 10.7. The number of carbonyl (C=O) groups excluding carboxylic acids is 2. The van der Waals surface area contributed by atoms with Gasteiger partial charge in [-0.05, 0) is 78.4 Å². The maximum absolute atomic E-state index is 13.1. The number of hydrogen-bond acceptors (Lipinski definition) is 13. The van der Waals surface area contributed by atoms with E-state index in [0.29, 0.717) is 42.1 Å². The van der Waals surface area contributed by atoms with E-state index in [-0.39, 0.29) is 30.1 Å². The van der Waals surface area contributed by atoms with Crippen molar-refractivity contribution in [1.29, 1.82) is 0 Å². The minimum absolute atomic E-state index is 0.0349. The summed E-state index contributed by atoms with van der Waals surface area (Å²) >= 11 is 0. The summed E-state index contributed by atoms with van der Waals surface area (Å²) < 4.78 is 33.1. The fraction of sp³-hybridized carbons (Fsp3) is 0.405. The van der Waals surface area contributed by atoms with E-state index >= 15 is 0 Å². The third-order valence-corrected chi connectivity index (χ3v) is 8.26. The normalized spacial score (nSPS) is 21.0. The molecule has 0 saturated carbocycles. The number of Topliss-reactive ketones (excluding diaryl/α,β-unsaturated/α-hetero) is 1. The van der Waals surface area contributed by atoms with E-state index in [1.807, 2.05) is 0 Å². The highest BCUT2D eigenvalue weighted by atomic mass is 16.7. The second-order valence-corrected chi connectivity index (χ2v) is 11.8. The molecule has 4 rings (SSSR count). The van der Waals surface area contributed by atoms with Crippen molar-refractivity contribution in [2.75, 3.05) is 27.9 Å². The number of ketones is 1. The van der Waals surface area contributed by atoms with Crippen LogP contribution in [0.5, 0.6) is 28.7 Å². The summed E-state index contributed by atoms with van der Waals surface area (Å²) in [5, 5.41) is 51.2. The molecular formula is C37H44O13. The average Bonchev–Trinajstić information content (AvgIpc) is 3.12. The average molecular weight is 697 g/mol. The largest absolute Gasteiger partial charge is 0.508 e. The van der Waals surface area contributed by atoms with Gasteiger partial charge in [0.2, 0.25) is 5.75 Å². The third-order valence-electron chi connectivity index (χ3n) is 8.26. The van der Waals surface area contributed by atoms with E-state index in [0.717, 1.165) is 17.2 Å². The predicted molar refractivity (Wildman–Crippen MR) is 180 cm³/mol. The Hall–Kier alpha value is -4.66. The lowest BCUT2D eigenvalue weighted by atomic mass is 9.98. The summed E-state index contributed by atoms with van der Waals surface area (Å²) in [6.45, 7) is -0.479. The highest BCUT2D eigenvalue weighted by molar-refractivity contribution is 5.87. The lowest BCUT2D eigenvalue weighted by molar-refractivity contribution is -0.311. The molecule has 1 heterocycles. The molecule has 0 radical (unpaired) electrons. The Kier molecular flexibility index (Phi) is 14.0. The van der Waals surface area contributed by atoms with Crippen LogP contribution in [-0.4, -0.2) is 102 Å². The second kappa shape index (κ2) is 18.4. The Labute approximate surface area is 290 Å². The standard InChI is InChI=1S/C37H44O13/c1-45-29-18-24(19-30(46-2)36(29)47-3)10-17-32(41)48-21-31-33(42)34(43)35(44)37(50-31)49-28(16-9-23-6-13-26(39)14-7-23)20-27(40)15-8-22-4-11-25(38)12-5-22/h4-7,10-14,17-19,28,31,33-35,37-39,42-44H,8-9,15-16,20-21H2,1-3H3/t28-,31+,33-,34+,35-,37-/m1/s1. The molecule has 13 nitrogen and oxygen atoms in total. The van der Waals surface area contributed by atoms with Crippen molar-refractivity contribution in [3.63, 3.8) is 0 Å². The van der Waals surface area contributed by atoms with Gasteiger partial charge in [0.25, 0.3) is 0 Å². The summed E-state index contributed by atoms with van der Waals surface area (Å²) in [5.41, 5.74) is 2.29. The number of aliphatic hydroxyl groups excluding tert-OH is 3. The van der Waals surface area contributed by atoms with E-state index in [2.05, 4.69) is 0 Å². The Morgan fingerprint density at radius 2 is 1.38 bits per heavy atom. The molecule has 6 atom stereocenters. The molecule has 1 aliphatic heterocycles. The smallest absolute Gasteiger partial charge is 0.330 e. The molecule has 3 aromatic carbocycles. The van der Waals surface area contributed by atoms with Crippen molar-refractivity contribution in [3.8, 4) is 28.7 Å². The molecule has 1 aliphatic rings. The number of phenols is 2. The van der Waals surface area contributed by atoms with Crippen molar-refractivity contribution in [1.82, 2.24) is 0 Å². The van der Waals surface area contributed by atoms with Crippen molar-refractivity contribution in [2.24, 2.45) is 0 Å². The van der Waals surface area contributed by atoms with Crippen LogP contribution in [0.3, 0.4) is 0 Å². The van der Waals surface area contributed by atoms with Crippen LogP contribution >= 0.6 is 0 Å². The molecule has 3 aromatic rings. The van der Waals surface area contributed by atoms with Crippen molar-refractivity contribution in [3.05, 3.63) is 83.4 Å².